The van der Waals surface area contributed by atoms with E-state index in [1.165, 1.54) is 23.1 Å². The highest BCUT2D eigenvalue weighted by Gasteiger charge is 2.30. The van der Waals surface area contributed by atoms with Crippen LogP contribution in [-0.2, 0) is 22.7 Å². The minimum absolute atomic E-state index is 0.0201. The number of alkyl halides is 3. The van der Waals surface area contributed by atoms with Gasteiger partial charge in [0.15, 0.2) is 0 Å². The van der Waals surface area contributed by atoms with Gasteiger partial charge in [-0.1, -0.05) is 18.2 Å². The summed E-state index contributed by atoms with van der Waals surface area (Å²) in [6.07, 6.45) is -3.51. The molecule has 0 saturated carbocycles. The highest BCUT2D eigenvalue weighted by atomic mass is 32.2. The van der Waals surface area contributed by atoms with E-state index in [9.17, 15) is 26.4 Å². The van der Waals surface area contributed by atoms with Gasteiger partial charge in [-0.3, -0.25) is 0 Å². The van der Waals surface area contributed by atoms with E-state index in [0.29, 0.717) is 31.5 Å². The average molecular weight is 448 g/mol. The fourth-order valence-electron chi connectivity index (χ4n) is 3.04. The lowest BCUT2D eigenvalue weighted by atomic mass is 10.1. The van der Waals surface area contributed by atoms with Crippen LogP contribution in [0.3, 0.4) is 0 Å². The predicted molar refractivity (Wildman–Crippen MR) is 103 cm³/mol. The molecular formula is C18H20F3N3O3S2. The number of rotatable bonds is 5. The third-order valence-electron chi connectivity index (χ3n) is 4.56. The molecule has 2 amide bonds. The summed E-state index contributed by atoms with van der Waals surface area (Å²) in [4.78, 5) is 13.8. The van der Waals surface area contributed by atoms with Crippen molar-refractivity contribution >= 4 is 27.4 Å². The lowest BCUT2D eigenvalue weighted by Crippen LogP contribution is -2.49. The Morgan fingerprint density at radius 1 is 1.17 bits per heavy atom. The highest BCUT2D eigenvalue weighted by Crippen LogP contribution is 2.29. The third kappa shape index (κ3) is 5.71. The number of amides is 2. The summed E-state index contributed by atoms with van der Waals surface area (Å²) in [6, 6.07) is 7.34. The zero-order valence-electron chi connectivity index (χ0n) is 15.3. The van der Waals surface area contributed by atoms with Crippen molar-refractivity contribution in [3.63, 3.8) is 0 Å². The van der Waals surface area contributed by atoms with Crippen molar-refractivity contribution in [3.05, 3.63) is 52.9 Å². The Hall–Kier alpha value is -2.11. The van der Waals surface area contributed by atoms with Crippen LogP contribution in [0.5, 0.6) is 0 Å². The minimum atomic E-state index is -4.43. The fourth-order valence-corrected chi connectivity index (χ4v) is 5.36. The summed E-state index contributed by atoms with van der Waals surface area (Å²) in [5.41, 5.74) is -0.408. The summed E-state index contributed by atoms with van der Waals surface area (Å²) >= 11 is 1.14. The van der Waals surface area contributed by atoms with Crippen molar-refractivity contribution in [1.82, 2.24) is 14.9 Å². The van der Waals surface area contributed by atoms with Gasteiger partial charge in [0.25, 0.3) is 0 Å². The molecule has 1 aromatic carbocycles. The first-order valence-electron chi connectivity index (χ1n) is 8.90. The van der Waals surface area contributed by atoms with Gasteiger partial charge in [-0.25, -0.2) is 17.9 Å². The van der Waals surface area contributed by atoms with Gasteiger partial charge in [0.1, 0.15) is 4.21 Å². The SMILES string of the molecule is O=C(NCc1cccc(C(F)(F)F)c1)N1CCC(NS(=O)(=O)c2cccs2)CC1. The second-order valence-electron chi connectivity index (χ2n) is 6.67. The molecule has 0 atom stereocenters. The molecule has 2 heterocycles. The first-order valence-corrected chi connectivity index (χ1v) is 11.3. The zero-order valence-corrected chi connectivity index (χ0v) is 16.9. The van der Waals surface area contributed by atoms with Crippen LogP contribution >= 0.6 is 11.3 Å². The second-order valence-corrected chi connectivity index (χ2v) is 9.56. The van der Waals surface area contributed by atoms with Crippen LogP contribution in [0.25, 0.3) is 0 Å². The first-order chi connectivity index (χ1) is 13.6. The maximum Gasteiger partial charge on any atom is 0.416 e. The molecule has 0 spiro atoms. The second kappa shape index (κ2) is 8.72. The molecule has 0 aliphatic carbocycles. The molecule has 1 aliphatic heterocycles. The monoisotopic (exact) mass is 447 g/mol. The number of nitrogens with zero attached hydrogens (tertiary/aromatic N) is 1. The van der Waals surface area contributed by atoms with Gasteiger partial charge in [-0.2, -0.15) is 13.2 Å². The summed E-state index contributed by atoms with van der Waals surface area (Å²) in [7, 11) is -3.56. The van der Waals surface area contributed by atoms with Crippen molar-refractivity contribution < 1.29 is 26.4 Å². The molecule has 29 heavy (non-hydrogen) atoms. The number of sulfonamides is 1. The van der Waals surface area contributed by atoms with Gasteiger partial charge in [0.05, 0.1) is 5.56 Å². The van der Waals surface area contributed by atoms with E-state index in [0.717, 1.165) is 23.5 Å². The first kappa shape index (κ1) is 21.6. The van der Waals surface area contributed by atoms with Gasteiger partial charge in [0.2, 0.25) is 10.0 Å². The molecule has 158 valence electrons. The number of hydrogen-bond acceptors (Lipinski definition) is 4. The van der Waals surface area contributed by atoms with E-state index in [2.05, 4.69) is 10.0 Å². The molecule has 1 fully saturated rings. The largest absolute Gasteiger partial charge is 0.416 e. The maximum atomic E-state index is 12.8. The summed E-state index contributed by atoms with van der Waals surface area (Å²) in [5, 5.41) is 4.30. The Morgan fingerprint density at radius 3 is 2.52 bits per heavy atom. The van der Waals surface area contributed by atoms with Crippen LogP contribution in [0.15, 0.2) is 46.0 Å². The number of benzene rings is 1. The van der Waals surface area contributed by atoms with E-state index >= 15 is 0 Å². The molecule has 3 rings (SSSR count). The van der Waals surface area contributed by atoms with Crippen LogP contribution in [-0.4, -0.2) is 38.5 Å². The Bertz CT molecular complexity index is 939. The van der Waals surface area contributed by atoms with Gasteiger partial charge in [-0.15, -0.1) is 11.3 Å². The van der Waals surface area contributed by atoms with Crippen molar-refractivity contribution in [3.8, 4) is 0 Å². The van der Waals surface area contributed by atoms with Gasteiger partial charge < -0.3 is 10.2 Å². The number of urea groups is 1. The molecule has 2 N–H and O–H groups in total. The standard InChI is InChI=1S/C18H20F3N3O3S2/c19-18(20,21)14-4-1-3-13(11-14)12-22-17(25)24-8-6-15(7-9-24)23-29(26,27)16-5-2-10-28-16/h1-5,10-11,15,23H,6-9,12H2,(H,22,25). The molecule has 0 radical (unpaired) electrons. The molecule has 1 aromatic heterocycles. The molecule has 2 aromatic rings. The number of halogens is 3. The van der Waals surface area contributed by atoms with E-state index in [1.807, 2.05) is 0 Å². The van der Waals surface area contributed by atoms with E-state index in [4.69, 9.17) is 0 Å². The highest BCUT2D eigenvalue weighted by molar-refractivity contribution is 7.91. The summed E-state index contributed by atoms with van der Waals surface area (Å²) in [6.45, 7) is 0.686. The smallest absolute Gasteiger partial charge is 0.334 e. The number of hydrogen-bond donors (Lipinski definition) is 2. The Labute approximate surface area is 170 Å². The van der Waals surface area contributed by atoms with Crippen LogP contribution in [0.1, 0.15) is 24.0 Å². The molecular weight excluding hydrogens is 427 g/mol. The van der Waals surface area contributed by atoms with Crippen molar-refractivity contribution in [2.75, 3.05) is 13.1 Å². The molecule has 11 heteroatoms. The lowest BCUT2D eigenvalue weighted by Gasteiger charge is -2.32. The van der Waals surface area contributed by atoms with Crippen LogP contribution in [0.4, 0.5) is 18.0 Å². The normalized spacial score (nSPS) is 16.0. The van der Waals surface area contributed by atoms with Gasteiger partial charge >= 0.3 is 12.2 Å². The number of thiophene rings is 1. The molecule has 0 unspecified atom stereocenters. The Kier molecular flexibility index (Phi) is 6.49. The fraction of sp³-hybridized carbons (Fsp3) is 0.389. The quantitative estimate of drug-likeness (QED) is 0.737. The number of carbonyl (C=O) groups excluding carboxylic acids is 1. The third-order valence-corrected chi connectivity index (χ3v) is 7.48. The van der Waals surface area contributed by atoms with E-state index < -0.39 is 21.8 Å². The van der Waals surface area contributed by atoms with Crippen LogP contribution in [0, 0.1) is 0 Å². The molecule has 1 aliphatic rings. The maximum absolute atomic E-state index is 12.8. The molecule has 0 bridgehead atoms. The number of nitrogens with one attached hydrogen (secondary N) is 2. The van der Waals surface area contributed by atoms with Crippen LogP contribution < -0.4 is 10.0 Å². The topological polar surface area (TPSA) is 78.5 Å². The van der Waals surface area contributed by atoms with E-state index in [-0.39, 0.29) is 22.8 Å². The molecule has 6 nitrogen and oxygen atoms in total. The Balaban J connectivity index is 1.48. The molecule has 1 saturated heterocycles. The number of carbonyl (C=O) groups is 1. The van der Waals surface area contributed by atoms with Gasteiger partial charge in [-0.05, 0) is 42.0 Å². The van der Waals surface area contributed by atoms with Crippen molar-refractivity contribution in [2.45, 2.75) is 35.8 Å². The van der Waals surface area contributed by atoms with Crippen LogP contribution in [0.2, 0.25) is 0 Å². The Morgan fingerprint density at radius 2 is 1.90 bits per heavy atom. The van der Waals surface area contributed by atoms with E-state index in [1.54, 1.807) is 11.4 Å². The zero-order chi connectivity index (χ0) is 21.1. The minimum Gasteiger partial charge on any atom is -0.334 e. The average Bonchev–Trinajstić information content (AvgIpc) is 3.22. The number of likely N-dealkylation sites (tertiary alicyclic amines) is 1. The lowest BCUT2D eigenvalue weighted by molar-refractivity contribution is -0.137. The summed E-state index contributed by atoms with van der Waals surface area (Å²) < 4.78 is 65.7. The number of piperidine rings is 1. The van der Waals surface area contributed by atoms with Crippen molar-refractivity contribution in [2.24, 2.45) is 0 Å². The van der Waals surface area contributed by atoms with Gasteiger partial charge in [0, 0.05) is 25.7 Å². The predicted octanol–water partition coefficient (Wildman–Crippen LogP) is 3.42. The van der Waals surface area contributed by atoms with Crippen molar-refractivity contribution in [1.29, 1.82) is 0 Å². The summed E-state index contributed by atoms with van der Waals surface area (Å²) in [5.74, 6) is 0.